The summed E-state index contributed by atoms with van der Waals surface area (Å²) in [6.07, 6.45) is 1.06. The first kappa shape index (κ1) is 13.8. The van der Waals surface area contributed by atoms with Gasteiger partial charge in [0.1, 0.15) is 6.10 Å². The molecule has 106 valence electrons. The van der Waals surface area contributed by atoms with E-state index in [2.05, 4.69) is 17.1 Å². The van der Waals surface area contributed by atoms with Crippen molar-refractivity contribution in [2.45, 2.75) is 6.10 Å². The van der Waals surface area contributed by atoms with Crippen LogP contribution in [0.2, 0.25) is 0 Å². The molecule has 0 amide bonds. The minimum atomic E-state index is -0.687. The molecule has 0 fully saturated rings. The van der Waals surface area contributed by atoms with Crippen molar-refractivity contribution in [2.24, 2.45) is 7.05 Å². The SMILES string of the molecule is Cn1c(C(O)c2ccc(-c3ccccc3)cc2)c[nH]c1=S. The van der Waals surface area contributed by atoms with Gasteiger partial charge < -0.3 is 14.7 Å². The normalized spacial score (nSPS) is 12.3. The molecule has 1 heterocycles. The number of rotatable bonds is 3. The molecule has 0 aliphatic carbocycles. The third kappa shape index (κ3) is 2.68. The highest BCUT2D eigenvalue weighted by atomic mass is 32.1. The highest BCUT2D eigenvalue weighted by Crippen LogP contribution is 2.25. The maximum Gasteiger partial charge on any atom is 0.177 e. The molecule has 1 atom stereocenters. The van der Waals surface area contributed by atoms with Crippen LogP contribution in [-0.2, 0) is 7.05 Å². The maximum absolute atomic E-state index is 10.5. The zero-order chi connectivity index (χ0) is 14.8. The van der Waals surface area contributed by atoms with Crippen molar-refractivity contribution in [1.29, 1.82) is 0 Å². The van der Waals surface area contributed by atoms with Gasteiger partial charge in [-0.05, 0) is 28.9 Å². The molecule has 0 bridgehead atoms. The van der Waals surface area contributed by atoms with E-state index in [-0.39, 0.29) is 0 Å². The largest absolute Gasteiger partial charge is 0.382 e. The van der Waals surface area contributed by atoms with Crippen LogP contribution in [0.4, 0.5) is 0 Å². The van der Waals surface area contributed by atoms with Crippen molar-refractivity contribution in [3.63, 3.8) is 0 Å². The summed E-state index contributed by atoms with van der Waals surface area (Å²) in [6, 6.07) is 18.1. The second-order valence-electron chi connectivity index (χ2n) is 4.97. The predicted octanol–water partition coefficient (Wildman–Crippen LogP) is 3.83. The molecule has 0 aliphatic heterocycles. The fourth-order valence-corrected chi connectivity index (χ4v) is 2.53. The van der Waals surface area contributed by atoms with Gasteiger partial charge in [-0.25, -0.2) is 0 Å². The van der Waals surface area contributed by atoms with Crippen LogP contribution >= 0.6 is 12.2 Å². The van der Waals surface area contributed by atoms with Crippen LogP contribution in [0.1, 0.15) is 17.4 Å². The van der Waals surface area contributed by atoms with Gasteiger partial charge in [-0.1, -0.05) is 54.6 Å². The molecule has 3 rings (SSSR count). The van der Waals surface area contributed by atoms with Crippen LogP contribution in [0, 0.1) is 4.77 Å². The van der Waals surface area contributed by atoms with E-state index in [1.54, 1.807) is 10.8 Å². The zero-order valence-corrected chi connectivity index (χ0v) is 12.5. The first-order valence-corrected chi connectivity index (χ1v) is 7.15. The Morgan fingerprint density at radius 2 is 1.62 bits per heavy atom. The number of nitrogens with one attached hydrogen (secondary N) is 1. The second kappa shape index (κ2) is 5.68. The van der Waals surface area contributed by atoms with Crippen LogP contribution < -0.4 is 0 Å². The Hall–Kier alpha value is -2.17. The molecule has 2 aromatic carbocycles. The van der Waals surface area contributed by atoms with E-state index in [4.69, 9.17) is 12.2 Å². The van der Waals surface area contributed by atoms with Gasteiger partial charge in [-0.3, -0.25) is 0 Å². The standard InChI is InChI=1S/C17H16N2OS/c1-19-15(11-18-17(19)21)16(20)14-9-7-13(8-10-14)12-5-3-2-4-6-12/h2-11,16,20H,1H3,(H,18,21). The van der Waals surface area contributed by atoms with Crippen LogP contribution in [-0.4, -0.2) is 14.7 Å². The van der Waals surface area contributed by atoms with Gasteiger partial charge in [0.05, 0.1) is 5.69 Å². The zero-order valence-electron chi connectivity index (χ0n) is 11.7. The van der Waals surface area contributed by atoms with Crippen molar-refractivity contribution < 1.29 is 5.11 Å². The molecule has 0 radical (unpaired) electrons. The quantitative estimate of drug-likeness (QED) is 0.721. The Morgan fingerprint density at radius 1 is 1.00 bits per heavy atom. The van der Waals surface area contributed by atoms with Gasteiger partial charge in [-0.2, -0.15) is 0 Å². The second-order valence-corrected chi connectivity index (χ2v) is 5.35. The Balaban J connectivity index is 1.91. The topological polar surface area (TPSA) is 41.0 Å². The van der Waals surface area contributed by atoms with Crippen molar-refractivity contribution in [2.75, 3.05) is 0 Å². The summed E-state index contributed by atoms with van der Waals surface area (Å²) >= 11 is 5.12. The monoisotopic (exact) mass is 296 g/mol. The average Bonchev–Trinajstić information content (AvgIpc) is 2.87. The molecule has 2 N–H and O–H groups in total. The Kier molecular flexibility index (Phi) is 3.73. The van der Waals surface area contributed by atoms with Crippen molar-refractivity contribution >= 4 is 12.2 Å². The van der Waals surface area contributed by atoms with E-state index in [9.17, 15) is 5.11 Å². The summed E-state index contributed by atoms with van der Waals surface area (Å²) in [5.41, 5.74) is 3.90. The number of imidazole rings is 1. The lowest BCUT2D eigenvalue weighted by molar-refractivity contribution is 0.211. The average molecular weight is 296 g/mol. The summed E-state index contributed by atoms with van der Waals surface area (Å²) in [7, 11) is 1.84. The number of benzene rings is 2. The van der Waals surface area contributed by atoms with E-state index in [1.807, 2.05) is 49.5 Å². The molecular weight excluding hydrogens is 280 g/mol. The fourth-order valence-electron chi connectivity index (χ4n) is 2.37. The first-order chi connectivity index (χ1) is 10.2. The molecular formula is C17H16N2OS. The van der Waals surface area contributed by atoms with Crippen molar-refractivity contribution in [3.8, 4) is 11.1 Å². The van der Waals surface area contributed by atoms with Crippen molar-refractivity contribution in [1.82, 2.24) is 9.55 Å². The molecule has 1 aromatic heterocycles. The number of nitrogens with zero attached hydrogens (tertiary/aromatic N) is 1. The van der Waals surface area contributed by atoms with E-state index < -0.39 is 6.10 Å². The lowest BCUT2D eigenvalue weighted by atomic mass is 10.0. The number of hydrogen-bond donors (Lipinski definition) is 2. The van der Waals surface area contributed by atoms with E-state index in [0.717, 1.165) is 16.8 Å². The van der Waals surface area contributed by atoms with Gasteiger partial charge in [0.25, 0.3) is 0 Å². The Bertz CT molecular complexity index is 788. The van der Waals surface area contributed by atoms with Crippen LogP contribution in [0.3, 0.4) is 0 Å². The number of aliphatic hydroxyl groups is 1. The first-order valence-electron chi connectivity index (χ1n) is 6.74. The molecule has 21 heavy (non-hydrogen) atoms. The summed E-state index contributed by atoms with van der Waals surface area (Å²) in [4.78, 5) is 2.94. The fraction of sp³-hybridized carbons (Fsp3) is 0.118. The highest BCUT2D eigenvalue weighted by molar-refractivity contribution is 7.71. The molecule has 3 nitrogen and oxygen atoms in total. The Labute approximate surface area is 128 Å². The van der Waals surface area contributed by atoms with Gasteiger partial charge in [0.2, 0.25) is 0 Å². The summed E-state index contributed by atoms with van der Waals surface area (Å²) < 4.78 is 2.38. The van der Waals surface area contributed by atoms with Crippen LogP contribution in [0.5, 0.6) is 0 Å². The molecule has 0 spiro atoms. The van der Waals surface area contributed by atoms with Gasteiger partial charge in [0.15, 0.2) is 4.77 Å². The van der Waals surface area contributed by atoms with Gasteiger partial charge in [0, 0.05) is 13.2 Å². The molecule has 0 aliphatic rings. The number of aromatic amines is 1. The number of aliphatic hydroxyl groups excluding tert-OH is 1. The van der Waals surface area contributed by atoms with Gasteiger partial charge in [-0.15, -0.1) is 0 Å². The number of H-pyrrole nitrogens is 1. The smallest absolute Gasteiger partial charge is 0.177 e. The lowest BCUT2D eigenvalue weighted by Gasteiger charge is -2.12. The van der Waals surface area contributed by atoms with Crippen LogP contribution in [0.15, 0.2) is 60.8 Å². The van der Waals surface area contributed by atoms with E-state index in [0.29, 0.717) is 4.77 Å². The minimum Gasteiger partial charge on any atom is -0.382 e. The highest BCUT2D eigenvalue weighted by Gasteiger charge is 2.14. The third-order valence-electron chi connectivity index (χ3n) is 3.65. The summed E-state index contributed by atoms with van der Waals surface area (Å²) in [6.45, 7) is 0. The number of hydrogen-bond acceptors (Lipinski definition) is 2. The third-order valence-corrected chi connectivity index (χ3v) is 4.04. The summed E-state index contributed by atoms with van der Waals surface area (Å²) in [5, 5.41) is 10.5. The van der Waals surface area contributed by atoms with E-state index >= 15 is 0 Å². The molecule has 0 saturated carbocycles. The Morgan fingerprint density at radius 3 is 2.19 bits per heavy atom. The summed E-state index contributed by atoms with van der Waals surface area (Å²) in [5.74, 6) is 0. The van der Waals surface area contributed by atoms with Crippen molar-refractivity contribution in [3.05, 3.63) is 76.8 Å². The molecule has 1 unspecified atom stereocenters. The van der Waals surface area contributed by atoms with Crippen LogP contribution in [0.25, 0.3) is 11.1 Å². The molecule has 0 saturated heterocycles. The lowest BCUT2D eigenvalue weighted by Crippen LogP contribution is -2.05. The predicted molar refractivity (Wildman–Crippen MR) is 86.5 cm³/mol. The molecule has 3 aromatic rings. The maximum atomic E-state index is 10.5. The van der Waals surface area contributed by atoms with E-state index in [1.165, 1.54) is 5.56 Å². The number of aromatic nitrogens is 2. The molecule has 4 heteroatoms. The van der Waals surface area contributed by atoms with Gasteiger partial charge >= 0.3 is 0 Å². The minimum absolute atomic E-state index is 0.602.